The SMILES string of the molecule is CCS(=O)(=O)c1ccc(N2CCC(NC(=O)CCc3ccco3)CC2)cc1. The second kappa shape index (κ2) is 8.61. The number of piperidine rings is 1. The van der Waals surface area contributed by atoms with E-state index in [1.807, 2.05) is 24.3 Å². The largest absolute Gasteiger partial charge is 0.469 e. The summed E-state index contributed by atoms with van der Waals surface area (Å²) in [6.45, 7) is 3.32. The van der Waals surface area contributed by atoms with Gasteiger partial charge in [0, 0.05) is 37.7 Å². The lowest BCUT2D eigenvalue weighted by molar-refractivity contribution is -0.121. The molecule has 0 radical (unpaired) electrons. The molecule has 0 saturated carbocycles. The summed E-state index contributed by atoms with van der Waals surface area (Å²) in [5.74, 6) is 0.990. The Kier molecular flexibility index (Phi) is 6.21. The monoisotopic (exact) mass is 390 g/mol. The molecule has 1 aliphatic heterocycles. The maximum Gasteiger partial charge on any atom is 0.220 e. The van der Waals surface area contributed by atoms with E-state index in [-0.39, 0.29) is 17.7 Å². The molecule has 146 valence electrons. The minimum Gasteiger partial charge on any atom is -0.469 e. The van der Waals surface area contributed by atoms with Crippen molar-refractivity contribution in [2.75, 3.05) is 23.7 Å². The van der Waals surface area contributed by atoms with Crippen LogP contribution < -0.4 is 10.2 Å². The van der Waals surface area contributed by atoms with Gasteiger partial charge in [0.25, 0.3) is 0 Å². The third-order valence-corrected chi connectivity index (χ3v) is 6.73. The van der Waals surface area contributed by atoms with Crippen molar-refractivity contribution in [1.82, 2.24) is 5.32 Å². The smallest absolute Gasteiger partial charge is 0.220 e. The summed E-state index contributed by atoms with van der Waals surface area (Å²) in [6, 6.07) is 11.0. The van der Waals surface area contributed by atoms with E-state index < -0.39 is 9.84 Å². The molecule has 0 bridgehead atoms. The number of hydrogen-bond donors (Lipinski definition) is 1. The minimum atomic E-state index is -3.16. The maximum atomic E-state index is 12.1. The lowest BCUT2D eigenvalue weighted by atomic mass is 10.0. The van der Waals surface area contributed by atoms with Crippen LogP contribution in [0.15, 0.2) is 52.0 Å². The third-order valence-electron chi connectivity index (χ3n) is 4.98. The molecule has 1 fully saturated rings. The molecule has 2 aromatic rings. The van der Waals surface area contributed by atoms with Crippen molar-refractivity contribution in [3.05, 3.63) is 48.4 Å². The van der Waals surface area contributed by atoms with Crippen molar-refractivity contribution < 1.29 is 17.6 Å². The van der Waals surface area contributed by atoms with E-state index in [2.05, 4.69) is 10.2 Å². The molecule has 1 N–H and O–H groups in total. The van der Waals surface area contributed by atoms with Crippen LogP contribution in [0.2, 0.25) is 0 Å². The molecule has 0 aliphatic carbocycles. The number of carbonyl (C=O) groups excluding carboxylic acids is 1. The highest BCUT2D eigenvalue weighted by atomic mass is 32.2. The van der Waals surface area contributed by atoms with Crippen LogP contribution in [-0.4, -0.2) is 39.2 Å². The lowest BCUT2D eigenvalue weighted by Crippen LogP contribution is -2.44. The Morgan fingerprint density at radius 3 is 2.48 bits per heavy atom. The Labute approximate surface area is 160 Å². The summed E-state index contributed by atoms with van der Waals surface area (Å²) >= 11 is 0. The van der Waals surface area contributed by atoms with E-state index in [1.54, 1.807) is 25.3 Å². The highest BCUT2D eigenvalue weighted by Crippen LogP contribution is 2.22. The van der Waals surface area contributed by atoms with Crippen LogP contribution in [0.1, 0.15) is 31.9 Å². The van der Waals surface area contributed by atoms with Gasteiger partial charge >= 0.3 is 0 Å². The maximum absolute atomic E-state index is 12.1. The summed E-state index contributed by atoms with van der Waals surface area (Å²) in [5.41, 5.74) is 1.02. The van der Waals surface area contributed by atoms with Crippen LogP contribution in [0.3, 0.4) is 0 Å². The highest BCUT2D eigenvalue weighted by molar-refractivity contribution is 7.91. The Bertz CT molecular complexity index is 837. The van der Waals surface area contributed by atoms with Crippen LogP contribution in [0, 0.1) is 0 Å². The van der Waals surface area contributed by atoms with Crippen LogP contribution in [0.5, 0.6) is 0 Å². The lowest BCUT2D eigenvalue weighted by Gasteiger charge is -2.34. The highest BCUT2D eigenvalue weighted by Gasteiger charge is 2.21. The Hall–Kier alpha value is -2.28. The van der Waals surface area contributed by atoms with Gasteiger partial charge in [0.15, 0.2) is 9.84 Å². The number of benzene rings is 1. The van der Waals surface area contributed by atoms with Crippen molar-refractivity contribution in [2.24, 2.45) is 0 Å². The van der Waals surface area contributed by atoms with Crippen LogP contribution in [0.4, 0.5) is 5.69 Å². The first kappa shape index (κ1) is 19.5. The Morgan fingerprint density at radius 1 is 1.19 bits per heavy atom. The van der Waals surface area contributed by atoms with E-state index in [4.69, 9.17) is 4.42 Å². The molecule has 1 aliphatic rings. The average molecular weight is 391 g/mol. The van der Waals surface area contributed by atoms with Gasteiger partial charge in [0.1, 0.15) is 5.76 Å². The number of aryl methyl sites for hydroxylation is 1. The van der Waals surface area contributed by atoms with Crippen molar-refractivity contribution in [3.8, 4) is 0 Å². The van der Waals surface area contributed by atoms with Gasteiger partial charge in [0.05, 0.1) is 16.9 Å². The number of carbonyl (C=O) groups is 1. The zero-order valence-electron chi connectivity index (χ0n) is 15.6. The number of nitrogens with one attached hydrogen (secondary N) is 1. The van der Waals surface area contributed by atoms with Crippen molar-refractivity contribution in [3.63, 3.8) is 0 Å². The second-order valence-corrected chi connectivity index (χ2v) is 9.08. The molecule has 27 heavy (non-hydrogen) atoms. The first-order valence-electron chi connectivity index (χ1n) is 9.37. The Morgan fingerprint density at radius 2 is 1.89 bits per heavy atom. The molecular formula is C20H26N2O4S. The fraction of sp³-hybridized carbons (Fsp3) is 0.450. The van der Waals surface area contributed by atoms with Crippen molar-refractivity contribution in [2.45, 2.75) is 43.5 Å². The number of furan rings is 1. The standard InChI is InChI=1S/C20H26N2O4S/c1-2-27(24,25)19-8-5-17(6-9-19)22-13-11-16(12-14-22)21-20(23)10-7-18-4-3-15-26-18/h3-6,8-9,15-16H,2,7,10-14H2,1H3,(H,21,23). The van der Waals surface area contributed by atoms with E-state index in [0.717, 1.165) is 37.4 Å². The molecule has 0 unspecified atom stereocenters. The second-order valence-electron chi connectivity index (χ2n) is 6.81. The first-order valence-corrected chi connectivity index (χ1v) is 11.0. The molecular weight excluding hydrogens is 364 g/mol. The number of amides is 1. The molecule has 7 heteroatoms. The fourth-order valence-corrected chi connectivity index (χ4v) is 4.19. The van der Waals surface area contributed by atoms with Crippen LogP contribution in [0.25, 0.3) is 0 Å². The number of anilines is 1. The minimum absolute atomic E-state index is 0.0546. The summed E-state index contributed by atoms with van der Waals surface area (Å²) in [6.07, 6.45) is 4.42. The van der Waals surface area contributed by atoms with Crippen molar-refractivity contribution >= 4 is 21.4 Å². The molecule has 1 aromatic carbocycles. The quantitative estimate of drug-likeness (QED) is 0.786. The first-order chi connectivity index (χ1) is 13.0. The van der Waals surface area contributed by atoms with Crippen LogP contribution >= 0.6 is 0 Å². The van der Waals surface area contributed by atoms with Gasteiger partial charge < -0.3 is 14.6 Å². The normalized spacial score (nSPS) is 15.7. The van der Waals surface area contributed by atoms with E-state index in [1.165, 1.54) is 0 Å². The summed E-state index contributed by atoms with van der Waals surface area (Å²) in [4.78, 5) is 14.7. The number of nitrogens with zero attached hydrogens (tertiary/aromatic N) is 1. The third kappa shape index (κ3) is 5.13. The van der Waals surface area contributed by atoms with Crippen molar-refractivity contribution in [1.29, 1.82) is 0 Å². The summed E-state index contributed by atoms with van der Waals surface area (Å²) < 4.78 is 29.1. The van der Waals surface area contributed by atoms with Gasteiger partial charge in [-0.25, -0.2) is 8.42 Å². The summed E-state index contributed by atoms with van der Waals surface area (Å²) in [7, 11) is -3.16. The molecule has 1 amide bonds. The fourth-order valence-electron chi connectivity index (χ4n) is 3.30. The predicted molar refractivity (Wildman–Crippen MR) is 105 cm³/mol. The number of hydrogen-bond acceptors (Lipinski definition) is 5. The Balaban J connectivity index is 1.46. The summed E-state index contributed by atoms with van der Waals surface area (Å²) in [5, 5.41) is 3.10. The number of sulfone groups is 1. The average Bonchev–Trinajstić information content (AvgIpc) is 3.21. The number of rotatable bonds is 7. The zero-order chi connectivity index (χ0) is 19.3. The van der Waals surface area contributed by atoms with E-state index >= 15 is 0 Å². The van der Waals surface area contributed by atoms with Gasteiger partial charge in [-0.3, -0.25) is 4.79 Å². The van der Waals surface area contributed by atoms with Gasteiger partial charge in [-0.1, -0.05) is 6.92 Å². The molecule has 1 aromatic heterocycles. The molecule has 2 heterocycles. The predicted octanol–water partition coefficient (Wildman–Crippen LogP) is 2.79. The van der Waals surface area contributed by atoms with Gasteiger partial charge in [-0.05, 0) is 49.2 Å². The topological polar surface area (TPSA) is 79.6 Å². The van der Waals surface area contributed by atoms with E-state index in [0.29, 0.717) is 17.7 Å². The molecule has 6 nitrogen and oxygen atoms in total. The van der Waals surface area contributed by atoms with Gasteiger partial charge in [0.2, 0.25) is 5.91 Å². The molecule has 0 atom stereocenters. The van der Waals surface area contributed by atoms with E-state index in [9.17, 15) is 13.2 Å². The zero-order valence-corrected chi connectivity index (χ0v) is 16.4. The van der Waals surface area contributed by atoms with Crippen LogP contribution in [-0.2, 0) is 21.1 Å². The molecule has 0 spiro atoms. The molecule has 1 saturated heterocycles. The van der Waals surface area contributed by atoms with Gasteiger partial charge in [-0.2, -0.15) is 0 Å². The van der Waals surface area contributed by atoms with Gasteiger partial charge in [-0.15, -0.1) is 0 Å². The molecule has 3 rings (SSSR count).